The van der Waals surface area contributed by atoms with Gasteiger partial charge in [-0.1, -0.05) is 70.1 Å². The number of oxazole rings is 4. The molecule has 4 aromatic heterocycles. The second-order valence-corrected chi connectivity index (χ2v) is 12.3. The highest BCUT2D eigenvalue weighted by Gasteiger charge is 2.29. The van der Waals surface area contributed by atoms with Crippen LogP contribution in [0.4, 0.5) is 0 Å². The summed E-state index contributed by atoms with van der Waals surface area (Å²) in [7, 11) is 3.36. The minimum absolute atomic E-state index is 0.283. The highest BCUT2D eigenvalue weighted by molar-refractivity contribution is 8.76. The Morgan fingerprint density at radius 2 is 0.667 bits per heavy atom. The van der Waals surface area contributed by atoms with Gasteiger partial charge >= 0.3 is 0 Å². The number of fused-ring (bicyclic) bond motifs is 4. The van der Waals surface area contributed by atoms with Crippen molar-refractivity contribution in [2.24, 2.45) is 0 Å². The molecule has 0 aliphatic heterocycles. The second kappa shape index (κ2) is 10.7. The molecule has 0 unspecified atom stereocenters. The molecule has 0 amide bonds. The monoisotopic (exact) mass is 590 g/mol. The third-order valence-corrected chi connectivity index (χ3v) is 9.41. The van der Waals surface area contributed by atoms with Crippen LogP contribution in [0.15, 0.2) is 115 Å². The Morgan fingerprint density at radius 1 is 0.405 bits per heavy atom. The molecule has 8 aromatic rings. The zero-order chi connectivity index (χ0) is 27.9. The highest BCUT2D eigenvalue weighted by atomic mass is 33.1. The molecule has 0 saturated heterocycles. The van der Waals surface area contributed by atoms with Crippen LogP contribution in [0.1, 0.15) is 35.4 Å². The first-order valence-electron chi connectivity index (χ1n) is 13.4. The zero-order valence-electron chi connectivity index (χ0n) is 22.0. The normalized spacial score (nSPS) is 12.1. The lowest BCUT2D eigenvalue weighted by Crippen LogP contribution is -2.07. The van der Waals surface area contributed by atoms with Crippen LogP contribution in [0.5, 0.6) is 0 Å². The van der Waals surface area contributed by atoms with Crippen LogP contribution in [-0.4, -0.2) is 31.4 Å². The molecule has 0 saturated carbocycles. The fraction of sp³-hybridized carbons (Fsp3) is 0.125. The van der Waals surface area contributed by atoms with Crippen molar-refractivity contribution in [1.82, 2.24) is 19.9 Å². The summed E-state index contributed by atoms with van der Waals surface area (Å²) in [4.78, 5) is 19.1. The summed E-state index contributed by atoms with van der Waals surface area (Å²) in [6, 6.07) is 31.0. The van der Waals surface area contributed by atoms with Crippen LogP contribution in [0, 0.1) is 0 Å². The van der Waals surface area contributed by atoms with Crippen molar-refractivity contribution in [2.45, 2.75) is 11.8 Å². The summed E-state index contributed by atoms with van der Waals surface area (Å²) >= 11 is 0. The maximum Gasteiger partial charge on any atom is 0.208 e. The van der Waals surface area contributed by atoms with Crippen molar-refractivity contribution in [3.05, 3.63) is 121 Å². The standard InChI is InChI=1S/C32H22N4O4S2/c1-5-13-25-21(9-1)33-29(37-25)19(30-34-22-10-2-6-14-26(22)38-30)17-41-42-18-20(31-35-23-11-3-7-15-27(23)39-31)32-36-24-12-4-8-16-28(24)40-32/h1-16,19-20H,17-18H2. The third kappa shape index (κ3) is 4.72. The third-order valence-electron chi connectivity index (χ3n) is 6.99. The van der Waals surface area contributed by atoms with Crippen molar-refractivity contribution >= 4 is 66.0 Å². The number of para-hydroxylation sites is 8. The van der Waals surface area contributed by atoms with Crippen LogP contribution in [-0.2, 0) is 0 Å². The average Bonchev–Trinajstić information content (AvgIpc) is 3.82. The number of rotatable bonds is 9. The summed E-state index contributed by atoms with van der Waals surface area (Å²) in [5, 5.41) is 0. The Hall–Kier alpha value is -4.54. The van der Waals surface area contributed by atoms with Gasteiger partial charge < -0.3 is 17.7 Å². The van der Waals surface area contributed by atoms with Gasteiger partial charge in [0.05, 0.1) is 0 Å². The van der Waals surface area contributed by atoms with Crippen LogP contribution >= 0.6 is 21.6 Å². The van der Waals surface area contributed by atoms with Crippen LogP contribution < -0.4 is 0 Å². The first kappa shape index (κ1) is 25.2. The fourth-order valence-electron chi connectivity index (χ4n) is 4.89. The summed E-state index contributed by atoms with van der Waals surface area (Å²) < 4.78 is 24.7. The molecule has 0 aliphatic rings. The lowest BCUT2D eigenvalue weighted by molar-refractivity contribution is 0.448. The van der Waals surface area contributed by atoms with Gasteiger partial charge in [0, 0.05) is 11.5 Å². The summed E-state index contributed by atoms with van der Waals surface area (Å²) in [5.74, 6) is 2.98. The molecule has 10 heteroatoms. The predicted molar refractivity (Wildman–Crippen MR) is 165 cm³/mol. The van der Waals surface area contributed by atoms with Crippen molar-refractivity contribution in [3.63, 3.8) is 0 Å². The van der Waals surface area contributed by atoms with E-state index in [9.17, 15) is 0 Å². The van der Waals surface area contributed by atoms with Gasteiger partial charge in [-0.25, -0.2) is 19.9 Å². The lowest BCUT2D eigenvalue weighted by Gasteiger charge is -2.11. The molecule has 4 heterocycles. The predicted octanol–water partition coefficient (Wildman–Crippen LogP) is 8.60. The largest absolute Gasteiger partial charge is 0.440 e. The molecule has 206 valence electrons. The molecule has 0 radical (unpaired) electrons. The number of benzene rings is 4. The van der Waals surface area contributed by atoms with E-state index >= 15 is 0 Å². The minimum atomic E-state index is -0.283. The van der Waals surface area contributed by atoms with E-state index in [0.717, 1.165) is 44.4 Å². The van der Waals surface area contributed by atoms with E-state index in [1.54, 1.807) is 21.6 Å². The van der Waals surface area contributed by atoms with E-state index in [1.807, 2.05) is 97.1 Å². The molecule has 0 fully saturated rings. The van der Waals surface area contributed by atoms with Gasteiger partial charge in [-0.3, -0.25) is 0 Å². The number of hydrogen-bond acceptors (Lipinski definition) is 10. The maximum atomic E-state index is 6.18. The van der Waals surface area contributed by atoms with Crippen molar-refractivity contribution in [3.8, 4) is 0 Å². The highest BCUT2D eigenvalue weighted by Crippen LogP contribution is 2.39. The van der Waals surface area contributed by atoms with E-state index in [4.69, 9.17) is 37.6 Å². The van der Waals surface area contributed by atoms with Crippen molar-refractivity contribution < 1.29 is 17.7 Å². The van der Waals surface area contributed by atoms with Gasteiger partial charge in [0.15, 0.2) is 22.3 Å². The van der Waals surface area contributed by atoms with Gasteiger partial charge in [-0.15, -0.1) is 0 Å². The summed E-state index contributed by atoms with van der Waals surface area (Å²) in [6.07, 6.45) is 0. The molecular weight excluding hydrogens is 569 g/mol. The summed E-state index contributed by atoms with van der Waals surface area (Å²) in [6.45, 7) is 0. The Morgan fingerprint density at radius 3 is 0.929 bits per heavy atom. The minimum Gasteiger partial charge on any atom is -0.440 e. The van der Waals surface area contributed by atoms with Crippen LogP contribution in [0.25, 0.3) is 44.4 Å². The van der Waals surface area contributed by atoms with Crippen LogP contribution in [0.2, 0.25) is 0 Å². The molecule has 0 bridgehead atoms. The van der Waals surface area contributed by atoms with E-state index in [0.29, 0.717) is 35.1 Å². The molecule has 42 heavy (non-hydrogen) atoms. The van der Waals surface area contributed by atoms with Gasteiger partial charge in [0.25, 0.3) is 0 Å². The molecule has 8 rings (SSSR count). The molecule has 0 atom stereocenters. The maximum absolute atomic E-state index is 6.18. The molecule has 8 nitrogen and oxygen atoms in total. The van der Waals surface area contributed by atoms with E-state index in [2.05, 4.69) is 0 Å². The first-order chi connectivity index (χ1) is 20.8. The van der Waals surface area contributed by atoms with Gasteiger partial charge in [0.1, 0.15) is 33.9 Å². The van der Waals surface area contributed by atoms with E-state index < -0.39 is 0 Å². The number of hydrogen-bond donors (Lipinski definition) is 0. The Kier molecular flexibility index (Phi) is 6.42. The van der Waals surface area contributed by atoms with Gasteiger partial charge in [-0.2, -0.15) is 0 Å². The Balaban J connectivity index is 1.08. The zero-order valence-corrected chi connectivity index (χ0v) is 23.7. The van der Waals surface area contributed by atoms with E-state index in [1.165, 1.54) is 0 Å². The molecular formula is C32H22N4O4S2. The quantitative estimate of drug-likeness (QED) is 0.120. The Labute approximate surface area is 246 Å². The molecule has 4 aromatic carbocycles. The second-order valence-electron chi connectivity index (χ2n) is 9.75. The lowest BCUT2D eigenvalue weighted by atomic mass is 10.2. The van der Waals surface area contributed by atoms with Gasteiger partial charge in [0.2, 0.25) is 23.6 Å². The topological polar surface area (TPSA) is 104 Å². The van der Waals surface area contributed by atoms with Gasteiger partial charge in [-0.05, 0) is 48.5 Å². The summed E-state index contributed by atoms with van der Waals surface area (Å²) in [5.41, 5.74) is 6.15. The Bertz CT molecular complexity index is 1730. The fourth-order valence-corrected chi connectivity index (χ4v) is 7.31. The SMILES string of the molecule is c1ccc2oc(C(CSSCC(c3nc4ccccc4o3)c3nc4ccccc4o3)c3nc4ccccc4o3)nc2c1. The number of nitrogens with zero attached hydrogens (tertiary/aromatic N) is 4. The first-order valence-corrected chi connectivity index (χ1v) is 15.9. The average molecular weight is 591 g/mol. The smallest absolute Gasteiger partial charge is 0.208 e. The van der Waals surface area contributed by atoms with E-state index in [-0.39, 0.29) is 11.8 Å². The van der Waals surface area contributed by atoms with Crippen LogP contribution in [0.3, 0.4) is 0 Å². The number of aromatic nitrogens is 4. The molecule has 0 N–H and O–H groups in total. The molecule has 0 aliphatic carbocycles. The van der Waals surface area contributed by atoms with Crippen molar-refractivity contribution in [2.75, 3.05) is 11.5 Å². The van der Waals surface area contributed by atoms with Crippen molar-refractivity contribution in [1.29, 1.82) is 0 Å². The molecule has 0 spiro atoms.